The summed E-state index contributed by atoms with van der Waals surface area (Å²) in [5, 5.41) is 9.77. The Morgan fingerprint density at radius 1 is 1.21 bits per heavy atom. The summed E-state index contributed by atoms with van der Waals surface area (Å²) in [6, 6.07) is 4.10. The van der Waals surface area contributed by atoms with E-state index in [1.54, 1.807) is 11.8 Å². The number of hydrogen-bond donors (Lipinski definition) is 1. The molecule has 0 amide bonds. The molecular weight excluding hydrogens is 274 g/mol. The van der Waals surface area contributed by atoms with Crippen molar-refractivity contribution >= 4 is 28.3 Å². The van der Waals surface area contributed by atoms with E-state index in [1.807, 2.05) is 26.0 Å². The van der Waals surface area contributed by atoms with Crippen molar-refractivity contribution in [3.05, 3.63) is 28.8 Å². The molecule has 1 aromatic rings. The number of hydrogen-bond acceptors (Lipinski definition) is 3. The number of phenolic OH excluding ortho intramolecular Hbond substituents is 1. The number of aromatic hydroxyl groups is 1. The minimum absolute atomic E-state index is 0.410. The Morgan fingerprint density at radius 3 is 2.37 bits per heavy atom. The molecule has 1 N–H and O–H groups in total. The van der Waals surface area contributed by atoms with Crippen LogP contribution >= 0.6 is 24.0 Å². The summed E-state index contributed by atoms with van der Waals surface area (Å²) >= 11 is 7.24. The first kappa shape index (κ1) is 14.7. The second-order valence-electron chi connectivity index (χ2n) is 5.18. The molecule has 0 atom stereocenters. The molecule has 0 radical (unpaired) electrons. The lowest BCUT2D eigenvalue weighted by molar-refractivity contribution is 0.352. The molecule has 1 aromatic carbocycles. The summed E-state index contributed by atoms with van der Waals surface area (Å²) in [5.74, 6) is 1.30. The highest BCUT2D eigenvalue weighted by Crippen LogP contribution is 2.26. The highest BCUT2D eigenvalue weighted by Gasteiger charge is 2.14. The van der Waals surface area contributed by atoms with E-state index in [-0.39, 0.29) is 0 Å². The van der Waals surface area contributed by atoms with Gasteiger partial charge in [0.2, 0.25) is 0 Å². The number of phenols is 1. The Balaban J connectivity index is 1.93. The molecule has 1 fully saturated rings. The van der Waals surface area contributed by atoms with Gasteiger partial charge in [-0.2, -0.15) is 0 Å². The summed E-state index contributed by atoms with van der Waals surface area (Å²) in [7, 11) is 0. The fraction of sp³-hybridized carbons (Fsp3) is 0.533. The van der Waals surface area contributed by atoms with Crippen molar-refractivity contribution in [3.8, 4) is 5.75 Å². The third kappa shape index (κ3) is 3.86. The van der Waals surface area contributed by atoms with Gasteiger partial charge in [0, 0.05) is 18.8 Å². The van der Waals surface area contributed by atoms with Gasteiger partial charge in [-0.3, -0.25) is 0 Å². The van der Waals surface area contributed by atoms with Crippen molar-refractivity contribution in [3.63, 3.8) is 0 Å². The number of thioether (sulfide) groups is 1. The molecule has 4 heteroatoms. The first-order valence-electron chi connectivity index (χ1n) is 6.78. The Labute approximate surface area is 125 Å². The third-order valence-corrected chi connectivity index (χ3v) is 5.12. The molecule has 1 aliphatic heterocycles. The zero-order valence-electron chi connectivity index (χ0n) is 11.6. The van der Waals surface area contributed by atoms with Crippen LogP contribution in [0.1, 0.15) is 36.0 Å². The highest BCUT2D eigenvalue weighted by molar-refractivity contribution is 8.22. The van der Waals surface area contributed by atoms with Gasteiger partial charge in [0.25, 0.3) is 0 Å². The predicted octanol–water partition coefficient (Wildman–Crippen LogP) is 4.01. The average Bonchev–Trinajstić information content (AvgIpc) is 2.43. The zero-order chi connectivity index (χ0) is 13.8. The van der Waals surface area contributed by atoms with Gasteiger partial charge < -0.3 is 10.0 Å². The Hall–Kier alpha value is -0.740. The third-order valence-electron chi connectivity index (χ3n) is 3.53. The number of rotatable bonds is 2. The summed E-state index contributed by atoms with van der Waals surface area (Å²) < 4.78 is 1.02. The van der Waals surface area contributed by atoms with Crippen LogP contribution in [0.2, 0.25) is 0 Å². The minimum atomic E-state index is 0.410. The molecule has 1 heterocycles. The molecule has 1 saturated heterocycles. The summed E-state index contributed by atoms with van der Waals surface area (Å²) in [5.41, 5.74) is 3.12. The maximum absolute atomic E-state index is 9.77. The lowest BCUT2D eigenvalue weighted by Gasteiger charge is -2.28. The first-order chi connectivity index (χ1) is 9.08. The monoisotopic (exact) mass is 295 g/mol. The molecule has 0 unspecified atom stereocenters. The number of piperidine rings is 1. The Morgan fingerprint density at radius 2 is 1.79 bits per heavy atom. The van der Waals surface area contributed by atoms with Gasteiger partial charge in [0.05, 0.1) is 0 Å². The van der Waals surface area contributed by atoms with E-state index >= 15 is 0 Å². The van der Waals surface area contributed by atoms with Crippen LogP contribution < -0.4 is 0 Å². The number of thiocarbonyl (C=S) groups is 1. The van der Waals surface area contributed by atoms with Crippen LogP contribution in [0.25, 0.3) is 0 Å². The van der Waals surface area contributed by atoms with Crippen molar-refractivity contribution < 1.29 is 5.11 Å². The van der Waals surface area contributed by atoms with E-state index in [4.69, 9.17) is 12.2 Å². The van der Waals surface area contributed by atoms with Crippen LogP contribution in [0.4, 0.5) is 0 Å². The van der Waals surface area contributed by atoms with E-state index in [9.17, 15) is 5.11 Å². The fourth-order valence-electron chi connectivity index (χ4n) is 2.44. The average molecular weight is 295 g/mol. The van der Waals surface area contributed by atoms with Gasteiger partial charge in [0.15, 0.2) is 0 Å². The van der Waals surface area contributed by atoms with Gasteiger partial charge in [-0.25, -0.2) is 0 Å². The molecule has 19 heavy (non-hydrogen) atoms. The van der Waals surface area contributed by atoms with E-state index < -0.39 is 0 Å². The molecule has 0 saturated carbocycles. The Kier molecular flexibility index (Phi) is 5.11. The van der Waals surface area contributed by atoms with Crippen molar-refractivity contribution in [1.82, 2.24) is 4.90 Å². The molecule has 0 bridgehead atoms. The van der Waals surface area contributed by atoms with Crippen LogP contribution in [-0.2, 0) is 5.75 Å². The lowest BCUT2D eigenvalue weighted by atomic mass is 10.1. The van der Waals surface area contributed by atoms with Gasteiger partial charge >= 0.3 is 0 Å². The molecule has 104 valence electrons. The van der Waals surface area contributed by atoms with Gasteiger partial charge in [-0.1, -0.05) is 36.1 Å². The SMILES string of the molecule is Cc1cc(CSC(=S)N2CCCCC2)cc(C)c1O. The number of likely N-dealkylation sites (tertiary alicyclic amines) is 1. The number of aryl methyl sites for hydroxylation is 2. The van der Waals surface area contributed by atoms with E-state index in [0.29, 0.717) is 5.75 Å². The molecule has 1 aliphatic rings. The smallest absolute Gasteiger partial charge is 0.136 e. The first-order valence-corrected chi connectivity index (χ1v) is 8.18. The van der Waals surface area contributed by atoms with E-state index in [2.05, 4.69) is 4.90 Å². The quantitative estimate of drug-likeness (QED) is 0.833. The molecule has 0 aliphatic carbocycles. The topological polar surface area (TPSA) is 23.5 Å². The zero-order valence-corrected chi connectivity index (χ0v) is 13.2. The number of nitrogens with zero attached hydrogens (tertiary/aromatic N) is 1. The van der Waals surface area contributed by atoms with Crippen LogP contribution in [0, 0.1) is 13.8 Å². The minimum Gasteiger partial charge on any atom is -0.507 e. The highest BCUT2D eigenvalue weighted by atomic mass is 32.2. The molecule has 0 aromatic heterocycles. The van der Waals surface area contributed by atoms with Gasteiger partial charge in [0.1, 0.15) is 10.1 Å². The number of benzene rings is 1. The standard InChI is InChI=1S/C15H21NOS2/c1-11-8-13(9-12(2)14(11)17)10-19-15(18)16-6-4-3-5-7-16/h8-9,17H,3-7,10H2,1-2H3. The van der Waals surface area contributed by atoms with Crippen LogP contribution in [0.3, 0.4) is 0 Å². The maximum Gasteiger partial charge on any atom is 0.136 e. The van der Waals surface area contributed by atoms with Crippen molar-refractivity contribution in [2.45, 2.75) is 38.9 Å². The van der Waals surface area contributed by atoms with Crippen molar-refractivity contribution in [2.75, 3.05) is 13.1 Å². The van der Waals surface area contributed by atoms with E-state index in [0.717, 1.165) is 34.3 Å². The summed E-state index contributed by atoms with van der Waals surface area (Å²) in [4.78, 5) is 2.32. The predicted molar refractivity (Wildman–Crippen MR) is 86.9 cm³/mol. The van der Waals surface area contributed by atoms with Crippen LogP contribution in [0.15, 0.2) is 12.1 Å². The molecule has 0 spiro atoms. The molecular formula is C15H21NOS2. The molecule has 2 rings (SSSR count). The summed E-state index contributed by atoms with van der Waals surface area (Å²) in [6.45, 7) is 6.11. The lowest BCUT2D eigenvalue weighted by Crippen LogP contribution is -2.32. The summed E-state index contributed by atoms with van der Waals surface area (Å²) in [6.07, 6.45) is 3.86. The largest absolute Gasteiger partial charge is 0.507 e. The van der Waals surface area contributed by atoms with Crippen LogP contribution in [0.5, 0.6) is 5.75 Å². The Bertz CT molecular complexity index is 444. The normalized spacial score (nSPS) is 15.6. The molecule has 2 nitrogen and oxygen atoms in total. The maximum atomic E-state index is 9.77. The van der Waals surface area contributed by atoms with Crippen molar-refractivity contribution in [2.24, 2.45) is 0 Å². The second-order valence-corrected chi connectivity index (χ2v) is 6.79. The second kappa shape index (κ2) is 6.62. The fourth-order valence-corrected chi connectivity index (χ4v) is 3.62. The van der Waals surface area contributed by atoms with E-state index in [1.165, 1.54) is 24.8 Å². The van der Waals surface area contributed by atoms with Gasteiger partial charge in [-0.15, -0.1) is 0 Å². The van der Waals surface area contributed by atoms with Gasteiger partial charge in [-0.05, 0) is 49.8 Å². The van der Waals surface area contributed by atoms with Crippen LogP contribution in [-0.4, -0.2) is 27.4 Å². The van der Waals surface area contributed by atoms with Crippen molar-refractivity contribution in [1.29, 1.82) is 0 Å².